The van der Waals surface area contributed by atoms with Crippen LogP contribution in [-0.2, 0) is 11.3 Å². The van der Waals surface area contributed by atoms with Gasteiger partial charge < -0.3 is 10.1 Å². The second-order valence-electron chi connectivity index (χ2n) is 6.50. The van der Waals surface area contributed by atoms with Gasteiger partial charge in [-0.25, -0.2) is 0 Å². The first-order chi connectivity index (χ1) is 12.4. The van der Waals surface area contributed by atoms with Crippen LogP contribution in [0.15, 0.2) is 24.3 Å². The molecule has 0 saturated carbocycles. The molecular formula is C20H30N4O2. The number of nitrogens with one attached hydrogen (secondary N) is 1. The summed E-state index contributed by atoms with van der Waals surface area (Å²) in [5.74, 6) is 0.829. The molecule has 0 spiro atoms. The number of anilines is 1. The number of rotatable bonds is 8. The van der Waals surface area contributed by atoms with Gasteiger partial charge >= 0.3 is 0 Å². The van der Waals surface area contributed by atoms with E-state index in [0.717, 1.165) is 34.9 Å². The molecule has 0 bridgehead atoms. The molecule has 0 aliphatic heterocycles. The highest BCUT2D eigenvalue weighted by atomic mass is 16.5. The van der Waals surface area contributed by atoms with Gasteiger partial charge in [0.1, 0.15) is 5.75 Å². The van der Waals surface area contributed by atoms with E-state index in [0.29, 0.717) is 13.2 Å². The van der Waals surface area contributed by atoms with Gasteiger partial charge in [0.15, 0.2) is 0 Å². The average Bonchev–Trinajstić information content (AvgIpc) is 2.89. The van der Waals surface area contributed by atoms with Gasteiger partial charge in [0.2, 0.25) is 5.91 Å². The molecule has 6 nitrogen and oxygen atoms in total. The molecule has 1 N–H and O–H groups in total. The monoisotopic (exact) mass is 358 g/mol. The number of benzene rings is 1. The molecule has 0 fully saturated rings. The highest BCUT2D eigenvalue weighted by molar-refractivity contribution is 5.93. The predicted molar refractivity (Wildman–Crippen MR) is 105 cm³/mol. The first-order valence-electron chi connectivity index (χ1n) is 9.14. The molecule has 0 unspecified atom stereocenters. The van der Waals surface area contributed by atoms with Crippen LogP contribution in [0.2, 0.25) is 0 Å². The van der Waals surface area contributed by atoms with Crippen molar-refractivity contribution in [1.82, 2.24) is 14.7 Å². The number of amides is 1. The maximum atomic E-state index is 12.5. The van der Waals surface area contributed by atoms with Crippen molar-refractivity contribution in [2.45, 2.75) is 47.2 Å². The van der Waals surface area contributed by atoms with Gasteiger partial charge in [0, 0.05) is 12.6 Å². The molecule has 142 valence electrons. The number of aryl methyl sites for hydroxylation is 2. The maximum absolute atomic E-state index is 12.5. The van der Waals surface area contributed by atoms with E-state index < -0.39 is 0 Å². The number of aromatic nitrogens is 2. The first kappa shape index (κ1) is 20.0. The summed E-state index contributed by atoms with van der Waals surface area (Å²) in [5.41, 5.74) is 3.80. The summed E-state index contributed by atoms with van der Waals surface area (Å²) in [5, 5.41) is 7.46. The third kappa shape index (κ3) is 4.64. The van der Waals surface area contributed by atoms with E-state index in [9.17, 15) is 4.79 Å². The van der Waals surface area contributed by atoms with Crippen LogP contribution in [0.3, 0.4) is 0 Å². The van der Waals surface area contributed by atoms with E-state index in [4.69, 9.17) is 4.74 Å². The van der Waals surface area contributed by atoms with Gasteiger partial charge in [0.25, 0.3) is 0 Å². The van der Waals surface area contributed by atoms with Gasteiger partial charge in [-0.3, -0.25) is 14.4 Å². The fourth-order valence-electron chi connectivity index (χ4n) is 2.99. The molecule has 1 heterocycles. The van der Waals surface area contributed by atoms with Gasteiger partial charge in [0.05, 0.1) is 30.2 Å². The first-order valence-corrected chi connectivity index (χ1v) is 9.14. The highest BCUT2D eigenvalue weighted by Crippen LogP contribution is 2.23. The summed E-state index contributed by atoms with van der Waals surface area (Å²) >= 11 is 0. The molecule has 1 aromatic carbocycles. The summed E-state index contributed by atoms with van der Waals surface area (Å²) < 4.78 is 7.38. The van der Waals surface area contributed by atoms with Crippen molar-refractivity contribution < 1.29 is 9.53 Å². The smallest absolute Gasteiger partial charge is 0.238 e. The zero-order valence-corrected chi connectivity index (χ0v) is 16.7. The lowest BCUT2D eigenvalue weighted by molar-refractivity contribution is -0.117. The Balaban J connectivity index is 1.98. The van der Waals surface area contributed by atoms with Gasteiger partial charge in [-0.1, -0.05) is 12.1 Å². The Kier molecular flexibility index (Phi) is 6.80. The molecule has 0 saturated heterocycles. The van der Waals surface area contributed by atoms with E-state index in [1.165, 1.54) is 0 Å². The van der Waals surface area contributed by atoms with Crippen LogP contribution in [-0.4, -0.2) is 40.8 Å². The number of hydrogen-bond donors (Lipinski definition) is 1. The van der Waals surface area contributed by atoms with Crippen LogP contribution in [0.25, 0.3) is 0 Å². The van der Waals surface area contributed by atoms with E-state index in [-0.39, 0.29) is 11.9 Å². The molecule has 2 rings (SSSR count). The van der Waals surface area contributed by atoms with Gasteiger partial charge in [-0.15, -0.1) is 0 Å². The second kappa shape index (κ2) is 8.85. The summed E-state index contributed by atoms with van der Waals surface area (Å²) in [6.45, 7) is 11.7. The molecule has 0 radical (unpaired) electrons. The van der Waals surface area contributed by atoms with E-state index in [1.807, 2.05) is 68.6 Å². The van der Waals surface area contributed by atoms with Crippen molar-refractivity contribution in [3.63, 3.8) is 0 Å². The fraction of sp³-hybridized carbons (Fsp3) is 0.500. The van der Waals surface area contributed by atoms with Crippen molar-refractivity contribution >= 4 is 11.6 Å². The van der Waals surface area contributed by atoms with Crippen molar-refractivity contribution in [2.24, 2.45) is 0 Å². The van der Waals surface area contributed by atoms with Crippen molar-refractivity contribution in [3.05, 3.63) is 41.2 Å². The van der Waals surface area contributed by atoms with Gasteiger partial charge in [-0.2, -0.15) is 5.10 Å². The van der Waals surface area contributed by atoms with Crippen molar-refractivity contribution in [1.29, 1.82) is 0 Å². The summed E-state index contributed by atoms with van der Waals surface area (Å²) in [4.78, 5) is 14.5. The molecular weight excluding hydrogens is 328 g/mol. The van der Waals surface area contributed by atoms with Crippen molar-refractivity contribution in [2.75, 3.05) is 25.5 Å². The molecule has 2 aromatic rings. The lowest BCUT2D eigenvalue weighted by atomic mass is 10.1. The molecule has 6 heteroatoms. The lowest BCUT2D eigenvalue weighted by Gasteiger charge is -2.24. The molecule has 0 aliphatic carbocycles. The van der Waals surface area contributed by atoms with Gasteiger partial charge in [-0.05, 0) is 59.4 Å². The standard InChI is InChI=1S/C20H30N4O2/c1-7-24-16(5)20(14(3)22-24)21-19(25)13-23(6)15(4)17-9-11-18(12-10-17)26-8-2/h9-12,15H,7-8,13H2,1-6H3,(H,21,25)/t15-/m0/s1. The third-order valence-corrected chi connectivity index (χ3v) is 4.67. The van der Waals surface area contributed by atoms with Crippen LogP contribution < -0.4 is 10.1 Å². The van der Waals surface area contributed by atoms with Crippen LogP contribution in [0.5, 0.6) is 5.75 Å². The zero-order chi connectivity index (χ0) is 19.3. The van der Waals surface area contributed by atoms with Crippen LogP contribution in [0, 0.1) is 13.8 Å². The Hall–Kier alpha value is -2.34. The Labute approximate surface area is 156 Å². The number of hydrogen-bond acceptors (Lipinski definition) is 4. The normalized spacial score (nSPS) is 12.3. The lowest BCUT2D eigenvalue weighted by Crippen LogP contribution is -2.32. The van der Waals surface area contributed by atoms with Crippen LogP contribution in [0.1, 0.15) is 43.8 Å². The zero-order valence-electron chi connectivity index (χ0n) is 16.7. The highest BCUT2D eigenvalue weighted by Gasteiger charge is 2.18. The molecule has 0 aliphatic rings. The summed E-state index contributed by atoms with van der Waals surface area (Å²) in [6.07, 6.45) is 0. The van der Waals surface area contributed by atoms with Crippen LogP contribution in [0.4, 0.5) is 5.69 Å². The van der Waals surface area contributed by atoms with Crippen molar-refractivity contribution in [3.8, 4) is 5.75 Å². The molecule has 1 amide bonds. The fourth-order valence-corrected chi connectivity index (χ4v) is 2.99. The Morgan fingerprint density at radius 3 is 2.46 bits per heavy atom. The summed E-state index contributed by atoms with van der Waals surface area (Å²) in [7, 11) is 1.95. The molecule has 1 aromatic heterocycles. The largest absolute Gasteiger partial charge is 0.494 e. The van der Waals surface area contributed by atoms with E-state index in [2.05, 4.69) is 17.3 Å². The Bertz CT molecular complexity index is 737. The van der Waals surface area contributed by atoms with Crippen LogP contribution >= 0.6 is 0 Å². The number of ether oxygens (including phenoxy) is 1. The maximum Gasteiger partial charge on any atom is 0.238 e. The number of likely N-dealkylation sites (N-methyl/N-ethyl adjacent to an activating group) is 1. The number of carbonyl (C=O) groups excluding carboxylic acids is 1. The third-order valence-electron chi connectivity index (χ3n) is 4.67. The second-order valence-corrected chi connectivity index (χ2v) is 6.50. The SMILES string of the molecule is CCOc1ccc([C@H](C)N(C)CC(=O)Nc2c(C)nn(CC)c2C)cc1. The number of carbonyl (C=O) groups is 1. The Morgan fingerprint density at radius 2 is 1.92 bits per heavy atom. The minimum absolute atomic E-state index is 0.0351. The molecule has 1 atom stereocenters. The predicted octanol–water partition coefficient (Wildman–Crippen LogP) is 3.55. The van der Waals surface area contributed by atoms with E-state index >= 15 is 0 Å². The Morgan fingerprint density at radius 1 is 1.27 bits per heavy atom. The quantitative estimate of drug-likeness (QED) is 0.784. The number of nitrogens with zero attached hydrogens (tertiary/aromatic N) is 3. The van der Waals surface area contributed by atoms with E-state index in [1.54, 1.807) is 0 Å². The average molecular weight is 358 g/mol. The minimum atomic E-state index is -0.0351. The minimum Gasteiger partial charge on any atom is -0.494 e. The molecule has 26 heavy (non-hydrogen) atoms. The summed E-state index contributed by atoms with van der Waals surface area (Å²) in [6, 6.07) is 8.15. The topological polar surface area (TPSA) is 59.4 Å².